The zero-order chi connectivity index (χ0) is 21.2. The number of nitrogens with zero attached hydrogens (tertiary/aromatic N) is 3. The third kappa shape index (κ3) is 6.20. The number of hydrogen-bond donors (Lipinski definition) is 1. The summed E-state index contributed by atoms with van der Waals surface area (Å²) in [6, 6.07) is 13.8. The summed E-state index contributed by atoms with van der Waals surface area (Å²) in [7, 11) is 1.78. The lowest BCUT2D eigenvalue weighted by Gasteiger charge is -2.33. The van der Waals surface area contributed by atoms with Crippen LogP contribution in [0.3, 0.4) is 0 Å². The molecule has 1 N–H and O–H groups in total. The number of benzene rings is 1. The number of ether oxygens (including phenoxy) is 2. The molecule has 2 aromatic rings. The predicted octanol–water partition coefficient (Wildman–Crippen LogP) is 3.01. The van der Waals surface area contributed by atoms with Crippen molar-refractivity contribution >= 4 is 11.9 Å². The first kappa shape index (κ1) is 21.6. The lowest BCUT2D eigenvalue weighted by Crippen LogP contribution is -2.46. The van der Waals surface area contributed by atoms with Crippen molar-refractivity contribution in [3.05, 3.63) is 59.9 Å². The van der Waals surface area contributed by atoms with E-state index in [0.29, 0.717) is 19.8 Å². The summed E-state index contributed by atoms with van der Waals surface area (Å²) in [5.74, 6) is 1.57. The van der Waals surface area contributed by atoms with Crippen molar-refractivity contribution in [2.24, 2.45) is 10.9 Å². The van der Waals surface area contributed by atoms with Gasteiger partial charge in [-0.15, -0.1) is 0 Å². The number of guanidine groups is 1. The third-order valence-electron chi connectivity index (χ3n) is 5.09. The Hall–Kier alpha value is -3.09. The minimum atomic E-state index is -0.0809. The van der Waals surface area contributed by atoms with Gasteiger partial charge in [-0.05, 0) is 49.6 Å². The van der Waals surface area contributed by atoms with Gasteiger partial charge in [0.2, 0.25) is 0 Å². The van der Waals surface area contributed by atoms with Gasteiger partial charge in [0.1, 0.15) is 12.4 Å². The van der Waals surface area contributed by atoms with Crippen LogP contribution >= 0.6 is 0 Å². The van der Waals surface area contributed by atoms with Gasteiger partial charge in [-0.3, -0.25) is 14.8 Å². The van der Waals surface area contributed by atoms with Crippen LogP contribution in [0, 0.1) is 5.92 Å². The minimum absolute atomic E-state index is 0.00718. The molecule has 1 fully saturated rings. The number of carbonyl (C=O) groups is 1. The van der Waals surface area contributed by atoms with Gasteiger partial charge >= 0.3 is 5.97 Å². The van der Waals surface area contributed by atoms with Crippen molar-refractivity contribution in [1.29, 1.82) is 0 Å². The Morgan fingerprint density at radius 1 is 1.23 bits per heavy atom. The van der Waals surface area contributed by atoms with E-state index in [-0.39, 0.29) is 11.9 Å². The van der Waals surface area contributed by atoms with E-state index in [4.69, 9.17) is 9.47 Å². The van der Waals surface area contributed by atoms with E-state index in [1.165, 1.54) is 0 Å². The van der Waals surface area contributed by atoms with Crippen LogP contribution in [0.2, 0.25) is 0 Å². The van der Waals surface area contributed by atoms with Crippen LogP contribution < -0.4 is 10.1 Å². The number of pyridine rings is 1. The standard InChI is InChI=1S/C23H30N4O3/c1-3-29-22(28)19-10-13-27(14-11-19)23(24-2)26-16-18-7-6-9-21(15-18)30-17-20-8-4-5-12-25-20/h4-9,12,15,19H,3,10-11,13-14,16-17H2,1-2H3,(H,24,26). The van der Waals surface area contributed by atoms with Gasteiger partial charge in [0, 0.05) is 32.9 Å². The molecule has 0 aliphatic carbocycles. The van der Waals surface area contributed by atoms with E-state index in [0.717, 1.165) is 48.9 Å². The third-order valence-corrected chi connectivity index (χ3v) is 5.09. The van der Waals surface area contributed by atoms with Crippen molar-refractivity contribution < 1.29 is 14.3 Å². The van der Waals surface area contributed by atoms with Gasteiger partial charge < -0.3 is 19.7 Å². The second-order valence-electron chi connectivity index (χ2n) is 7.17. The van der Waals surface area contributed by atoms with Gasteiger partial charge in [0.05, 0.1) is 18.2 Å². The van der Waals surface area contributed by atoms with E-state index < -0.39 is 0 Å². The van der Waals surface area contributed by atoms with Crippen molar-refractivity contribution in [2.45, 2.75) is 32.9 Å². The Morgan fingerprint density at radius 3 is 2.77 bits per heavy atom. The first-order chi connectivity index (χ1) is 14.7. The fourth-order valence-electron chi connectivity index (χ4n) is 3.49. The smallest absolute Gasteiger partial charge is 0.309 e. The Labute approximate surface area is 178 Å². The van der Waals surface area contributed by atoms with Crippen LogP contribution in [0.25, 0.3) is 0 Å². The molecule has 2 heterocycles. The number of rotatable bonds is 7. The second-order valence-corrected chi connectivity index (χ2v) is 7.17. The Balaban J connectivity index is 1.49. The second kappa shape index (κ2) is 11.2. The number of likely N-dealkylation sites (tertiary alicyclic amines) is 1. The molecule has 7 nitrogen and oxygen atoms in total. The van der Waals surface area contributed by atoms with Crippen molar-refractivity contribution in [3.63, 3.8) is 0 Å². The molecule has 1 aliphatic rings. The van der Waals surface area contributed by atoms with E-state index in [2.05, 4.69) is 26.3 Å². The highest BCUT2D eigenvalue weighted by atomic mass is 16.5. The molecule has 7 heteroatoms. The molecule has 1 aliphatic heterocycles. The van der Waals surface area contributed by atoms with Crippen LogP contribution in [-0.2, 0) is 22.7 Å². The van der Waals surface area contributed by atoms with Crippen LogP contribution in [0.5, 0.6) is 5.75 Å². The number of aliphatic imine (C=N–C) groups is 1. The largest absolute Gasteiger partial charge is 0.487 e. The highest BCUT2D eigenvalue weighted by Gasteiger charge is 2.27. The maximum absolute atomic E-state index is 11.9. The first-order valence-corrected chi connectivity index (χ1v) is 10.4. The minimum Gasteiger partial charge on any atom is -0.487 e. The van der Waals surface area contributed by atoms with Crippen LogP contribution in [0.15, 0.2) is 53.7 Å². The molecule has 0 radical (unpaired) electrons. The van der Waals surface area contributed by atoms with Gasteiger partial charge in [-0.1, -0.05) is 18.2 Å². The molecule has 0 bridgehead atoms. The molecular weight excluding hydrogens is 380 g/mol. The summed E-state index contributed by atoms with van der Waals surface area (Å²) in [6.07, 6.45) is 3.34. The summed E-state index contributed by atoms with van der Waals surface area (Å²) in [6.45, 7) is 4.94. The van der Waals surface area contributed by atoms with E-state index >= 15 is 0 Å². The maximum Gasteiger partial charge on any atom is 0.309 e. The molecule has 1 saturated heterocycles. The number of hydrogen-bond acceptors (Lipinski definition) is 5. The topological polar surface area (TPSA) is 76.0 Å². The lowest BCUT2D eigenvalue weighted by molar-refractivity contribution is -0.149. The summed E-state index contributed by atoms with van der Waals surface area (Å²) in [5, 5.41) is 3.42. The molecule has 0 unspecified atom stereocenters. The molecule has 160 valence electrons. The van der Waals surface area contributed by atoms with E-state index in [9.17, 15) is 4.79 Å². The van der Waals surface area contributed by atoms with Gasteiger partial charge in [-0.25, -0.2) is 0 Å². The van der Waals surface area contributed by atoms with Crippen LogP contribution in [0.4, 0.5) is 0 Å². The molecule has 3 rings (SSSR count). The SMILES string of the molecule is CCOC(=O)C1CCN(C(=NC)NCc2cccc(OCc3ccccn3)c2)CC1. The van der Waals surface area contributed by atoms with E-state index in [1.54, 1.807) is 13.2 Å². The van der Waals surface area contributed by atoms with Gasteiger partial charge in [0.15, 0.2) is 5.96 Å². The Morgan fingerprint density at radius 2 is 2.07 bits per heavy atom. The molecule has 0 amide bonds. The monoisotopic (exact) mass is 410 g/mol. The number of nitrogens with one attached hydrogen (secondary N) is 1. The molecule has 0 spiro atoms. The molecule has 0 atom stereocenters. The Bertz CT molecular complexity index is 833. The molecule has 30 heavy (non-hydrogen) atoms. The predicted molar refractivity (Wildman–Crippen MR) is 116 cm³/mol. The number of aromatic nitrogens is 1. The highest BCUT2D eigenvalue weighted by Crippen LogP contribution is 2.19. The average molecular weight is 411 g/mol. The highest BCUT2D eigenvalue weighted by molar-refractivity contribution is 5.80. The molecule has 1 aromatic heterocycles. The summed E-state index contributed by atoms with van der Waals surface area (Å²) < 4.78 is 11.0. The molecule has 0 saturated carbocycles. The zero-order valence-electron chi connectivity index (χ0n) is 17.7. The summed E-state index contributed by atoms with van der Waals surface area (Å²) in [5.41, 5.74) is 2.00. The fraction of sp³-hybridized carbons (Fsp3) is 0.435. The number of esters is 1. The van der Waals surface area contributed by atoms with Crippen LogP contribution in [-0.4, -0.2) is 48.6 Å². The van der Waals surface area contributed by atoms with E-state index in [1.807, 2.05) is 43.3 Å². The maximum atomic E-state index is 11.9. The normalized spacial score (nSPS) is 15.0. The molecular formula is C23H30N4O3. The zero-order valence-corrected chi connectivity index (χ0v) is 17.7. The average Bonchev–Trinajstić information content (AvgIpc) is 2.80. The van der Waals surface area contributed by atoms with Crippen molar-refractivity contribution in [3.8, 4) is 5.75 Å². The summed E-state index contributed by atoms with van der Waals surface area (Å²) in [4.78, 5) is 22.8. The fourth-order valence-corrected chi connectivity index (χ4v) is 3.49. The number of piperidine rings is 1. The number of carbonyl (C=O) groups excluding carboxylic acids is 1. The first-order valence-electron chi connectivity index (χ1n) is 10.4. The van der Waals surface area contributed by atoms with Crippen LogP contribution in [0.1, 0.15) is 31.0 Å². The lowest BCUT2D eigenvalue weighted by atomic mass is 9.97. The summed E-state index contributed by atoms with van der Waals surface area (Å²) >= 11 is 0. The van der Waals surface area contributed by atoms with Crippen molar-refractivity contribution in [2.75, 3.05) is 26.7 Å². The quantitative estimate of drug-likeness (QED) is 0.430. The molecule has 1 aromatic carbocycles. The van der Waals surface area contributed by atoms with Gasteiger partial charge in [-0.2, -0.15) is 0 Å². The van der Waals surface area contributed by atoms with Gasteiger partial charge in [0.25, 0.3) is 0 Å². The Kier molecular flexibility index (Phi) is 8.06. The van der Waals surface area contributed by atoms with Crippen molar-refractivity contribution in [1.82, 2.24) is 15.2 Å².